The van der Waals surface area contributed by atoms with E-state index in [1.54, 1.807) is 50.6 Å². The molecule has 2 aromatic rings. The predicted molar refractivity (Wildman–Crippen MR) is 123 cm³/mol. The zero-order chi connectivity index (χ0) is 22.9. The zero-order valence-corrected chi connectivity index (χ0v) is 18.4. The standard InChI is InChI=1S/C22H20N4O5S/c1-29-17-8-4-15(5-9-17)13-23-25-22-26(21(28)19(32-22)12-20(27)31-3)24-14-16-6-10-18(30-2)11-7-16/h4-14H,1-3H3/b19-12-,23-13+,24-14+,25-22+. The number of esters is 1. The number of hydrogen-bond acceptors (Lipinski definition) is 9. The van der Waals surface area contributed by atoms with E-state index in [1.807, 2.05) is 12.1 Å². The van der Waals surface area contributed by atoms with Gasteiger partial charge in [0.2, 0.25) is 5.17 Å². The van der Waals surface area contributed by atoms with Crippen LogP contribution in [0.25, 0.3) is 0 Å². The molecule has 0 atom stereocenters. The quantitative estimate of drug-likeness (QED) is 0.277. The third-order valence-corrected chi connectivity index (χ3v) is 5.09. The molecule has 32 heavy (non-hydrogen) atoms. The lowest BCUT2D eigenvalue weighted by atomic mass is 10.2. The van der Waals surface area contributed by atoms with E-state index < -0.39 is 11.9 Å². The van der Waals surface area contributed by atoms with Crippen molar-refractivity contribution < 1.29 is 23.8 Å². The predicted octanol–water partition coefficient (Wildman–Crippen LogP) is 3.06. The maximum atomic E-state index is 12.7. The van der Waals surface area contributed by atoms with Crippen LogP contribution in [0.5, 0.6) is 11.5 Å². The first-order valence-corrected chi connectivity index (χ1v) is 10.1. The van der Waals surface area contributed by atoms with Crippen molar-refractivity contribution in [3.63, 3.8) is 0 Å². The molecule has 0 radical (unpaired) electrons. The van der Waals surface area contributed by atoms with Gasteiger partial charge >= 0.3 is 5.97 Å². The van der Waals surface area contributed by atoms with Gasteiger partial charge in [-0.05, 0) is 71.4 Å². The number of carbonyl (C=O) groups is 2. The highest BCUT2D eigenvalue weighted by atomic mass is 32.2. The Bertz CT molecular complexity index is 1090. The molecule has 0 bridgehead atoms. The Kier molecular flexibility index (Phi) is 7.76. The molecule has 9 nitrogen and oxygen atoms in total. The number of amides is 1. The highest BCUT2D eigenvalue weighted by molar-refractivity contribution is 8.18. The summed E-state index contributed by atoms with van der Waals surface area (Å²) in [6.07, 6.45) is 4.13. The van der Waals surface area contributed by atoms with Gasteiger partial charge < -0.3 is 14.2 Å². The van der Waals surface area contributed by atoms with E-state index in [4.69, 9.17) is 9.47 Å². The van der Waals surface area contributed by atoms with E-state index in [0.717, 1.165) is 39.7 Å². The minimum Gasteiger partial charge on any atom is -0.497 e. The molecule has 0 saturated carbocycles. The Morgan fingerprint density at radius 3 is 2.00 bits per heavy atom. The molecule has 0 aromatic heterocycles. The Morgan fingerprint density at radius 2 is 1.47 bits per heavy atom. The van der Waals surface area contributed by atoms with Crippen LogP contribution in [0.4, 0.5) is 0 Å². The van der Waals surface area contributed by atoms with E-state index in [-0.39, 0.29) is 10.1 Å². The van der Waals surface area contributed by atoms with Crippen molar-refractivity contribution in [2.45, 2.75) is 0 Å². The van der Waals surface area contributed by atoms with Crippen LogP contribution in [-0.2, 0) is 14.3 Å². The van der Waals surface area contributed by atoms with E-state index >= 15 is 0 Å². The van der Waals surface area contributed by atoms with Crippen molar-refractivity contribution >= 4 is 41.2 Å². The minimum atomic E-state index is -0.650. The first-order valence-electron chi connectivity index (χ1n) is 9.29. The van der Waals surface area contributed by atoms with Gasteiger partial charge in [0, 0.05) is 6.08 Å². The molecule has 0 spiro atoms. The number of hydrazone groups is 1. The molecule has 1 aliphatic rings. The highest BCUT2D eigenvalue weighted by Crippen LogP contribution is 2.31. The summed E-state index contributed by atoms with van der Waals surface area (Å²) in [4.78, 5) is 24.5. The van der Waals surface area contributed by atoms with Crippen LogP contribution in [0.1, 0.15) is 11.1 Å². The maximum absolute atomic E-state index is 12.7. The molecule has 0 aliphatic carbocycles. The van der Waals surface area contributed by atoms with Crippen LogP contribution >= 0.6 is 11.8 Å². The van der Waals surface area contributed by atoms with Gasteiger partial charge in [-0.15, -0.1) is 5.10 Å². The number of benzene rings is 2. The fourth-order valence-corrected chi connectivity index (χ4v) is 3.28. The lowest BCUT2D eigenvalue weighted by Gasteiger charge is -2.07. The molecule has 1 amide bonds. The maximum Gasteiger partial charge on any atom is 0.331 e. The number of rotatable bonds is 7. The smallest absolute Gasteiger partial charge is 0.331 e. The first kappa shape index (κ1) is 22.8. The van der Waals surface area contributed by atoms with E-state index in [0.29, 0.717) is 5.75 Å². The van der Waals surface area contributed by atoms with Gasteiger partial charge in [0.25, 0.3) is 5.91 Å². The van der Waals surface area contributed by atoms with Gasteiger partial charge in [-0.2, -0.15) is 15.2 Å². The number of thioether (sulfide) groups is 1. The van der Waals surface area contributed by atoms with Crippen molar-refractivity contribution in [2.75, 3.05) is 21.3 Å². The average molecular weight is 452 g/mol. The van der Waals surface area contributed by atoms with Crippen LogP contribution in [0.15, 0.2) is 74.8 Å². The Hall–Kier alpha value is -3.92. The van der Waals surface area contributed by atoms with Crippen LogP contribution in [0.3, 0.4) is 0 Å². The van der Waals surface area contributed by atoms with Crippen molar-refractivity contribution in [3.05, 3.63) is 70.6 Å². The van der Waals surface area contributed by atoms with Crippen molar-refractivity contribution in [1.82, 2.24) is 5.01 Å². The summed E-state index contributed by atoms with van der Waals surface area (Å²) in [5.41, 5.74) is 1.54. The van der Waals surface area contributed by atoms with E-state index in [9.17, 15) is 9.59 Å². The van der Waals surface area contributed by atoms with Crippen LogP contribution in [0, 0.1) is 0 Å². The summed E-state index contributed by atoms with van der Waals surface area (Å²) in [6, 6.07) is 14.4. The molecule has 0 unspecified atom stereocenters. The number of amidine groups is 1. The lowest BCUT2D eigenvalue weighted by molar-refractivity contribution is -0.135. The molecular weight excluding hydrogens is 432 g/mol. The fraction of sp³-hybridized carbons (Fsp3) is 0.136. The summed E-state index contributed by atoms with van der Waals surface area (Å²) in [7, 11) is 4.40. The zero-order valence-electron chi connectivity index (χ0n) is 17.6. The van der Waals surface area contributed by atoms with Crippen molar-refractivity contribution in [1.29, 1.82) is 0 Å². The third kappa shape index (κ3) is 5.82. The Balaban J connectivity index is 1.85. The molecule has 10 heteroatoms. The van der Waals surface area contributed by atoms with Gasteiger partial charge in [0.1, 0.15) is 11.5 Å². The largest absolute Gasteiger partial charge is 0.497 e. The minimum absolute atomic E-state index is 0.127. The van der Waals surface area contributed by atoms with Crippen molar-refractivity contribution in [3.8, 4) is 11.5 Å². The summed E-state index contributed by atoms with van der Waals surface area (Å²) in [6.45, 7) is 0. The SMILES string of the molecule is COC(=O)/C=C1\S/C(=N/N=C/c2ccc(OC)cc2)N(/N=C/c2ccc(OC)cc2)C1=O. The van der Waals surface area contributed by atoms with Gasteiger partial charge in [-0.1, -0.05) is 0 Å². The summed E-state index contributed by atoms with van der Waals surface area (Å²) >= 11 is 0.972. The monoisotopic (exact) mass is 452 g/mol. The highest BCUT2D eigenvalue weighted by Gasteiger charge is 2.34. The Labute approximate surface area is 189 Å². The van der Waals surface area contributed by atoms with Gasteiger partial charge in [-0.25, -0.2) is 4.79 Å². The number of ether oxygens (including phenoxy) is 3. The molecule has 1 aliphatic heterocycles. The normalized spacial score (nSPS) is 16.5. The van der Waals surface area contributed by atoms with Gasteiger partial charge in [0.15, 0.2) is 0 Å². The molecule has 1 fully saturated rings. The third-order valence-electron chi connectivity index (χ3n) is 4.14. The average Bonchev–Trinajstić information content (AvgIpc) is 3.12. The molecule has 2 aromatic carbocycles. The Morgan fingerprint density at radius 1 is 0.906 bits per heavy atom. The molecule has 1 heterocycles. The molecule has 0 N–H and O–H groups in total. The lowest BCUT2D eigenvalue weighted by Crippen LogP contribution is -2.23. The second-order valence-corrected chi connectivity index (χ2v) is 7.18. The number of nitrogens with zero attached hydrogens (tertiary/aromatic N) is 4. The second-order valence-electron chi connectivity index (χ2n) is 6.17. The summed E-state index contributed by atoms with van der Waals surface area (Å²) < 4.78 is 14.9. The van der Waals surface area contributed by atoms with Crippen LogP contribution < -0.4 is 9.47 Å². The summed E-state index contributed by atoms with van der Waals surface area (Å²) in [5, 5.41) is 13.7. The van der Waals surface area contributed by atoms with Gasteiger partial charge in [0.05, 0.1) is 38.7 Å². The molecule has 3 rings (SSSR count). The number of carbonyl (C=O) groups excluding carboxylic acids is 2. The number of hydrogen-bond donors (Lipinski definition) is 0. The van der Waals surface area contributed by atoms with E-state index in [1.165, 1.54) is 19.5 Å². The van der Waals surface area contributed by atoms with Crippen LogP contribution in [-0.4, -0.2) is 55.8 Å². The topological polar surface area (TPSA) is 102 Å². The van der Waals surface area contributed by atoms with Crippen molar-refractivity contribution in [2.24, 2.45) is 15.3 Å². The summed E-state index contributed by atoms with van der Waals surface area (Å²) in [5.74, 6) is 0.266. The number of methoxy groups -OCH3 is 3. The van der Waals surface area contributed by atoms with E-state index in [2.05, 4.69) is 20.0 Å². The van der Waals surface area contributed by atoms with Crippen LogP contribution in [0.2, 0.25) is 0 Å². The fourth-order valence-electron chi connectivity index (χ4n) is 2.45. The molecule has 164 valence electrons. The first-order chi connectivity index (χ1) is 15.5. The molecular formula is C22H20N4O5S. The van der Waals surface area contributed by atoms with Gasteiger partial charge in [-0.3, -0.25) is 4.79 Å². The second kappa shape index (κ2) is 10.9. The molecule has 1 saturated heterocycles.